The average Bonchev–Trinajstić information content (AvgIpc) is 2.85. The van der Waals surface area contributed by atoms with Crippen molar-refractivity contribution in [1.29, 1.82) is 0 Å². The third-order valence-electron chi connectivity index (χ3n) is 3.96. The van der Waals surface area contributed by atoms with E-state index in [-0.39, 0.29) is 11.0 Å². The van der Waals surface area contributed by atoms with Crippen molar-refractivity contribution in [2.45, 2.75) is 45.6 Å². The summed E-state index contributed by atoms with van der Waals surface area (Å²) in [7, 11) is 0. The van der Waals surface area contributed by atoms with Gasteiger partial charge < -0.3 is 10.4 Å². The average molecular weight is 311 g/mol. The van der Waals surface area contributed by atoms with E-state index >= 15 is 0 Å². The second-order valence-electron chi connectivity index (χ2n) is 7.05. The highest BCUT2D eigenvalue weighted by molar-refractivity contribution is 7.13. The predicted octanol–water partition coefficient (Wildman–Crippen LogP) is 2.28. The Labute approximate surface area is 130 Å². The summed E-state index contributed by atoms with van der Waals surface area (Å²) in [4.78, 5) is 19.0. The van der Waals surface area contributed by atoms with Crippen LogP contribution >= 0.6 is 11.3 Å². The smallest absolute Gasteiger partial charge is 0.347 e. The molecule has 1 aliphatic heterocycles. The van der Waals surface area contributed by atoms with E-state index in [2.05, 4.69) is 24.1 Å². The van der Waals surface area contributed by atoms with Crippen molar-refractivity contribution in [3.8, 4) is 0 Å². The van der Waals surface area contributed by atoms with Crippen LogP contribution in [0.4, 0.5) is 0 Å². The van der Waals surface area contributed by atoms with Gasteiger partial charge in [-0.05, 0) is 13.8 Å². The van der Waals surface area contributed by atoms with Crippen LogP contribution in [-0.2, 0) is 11.0 Å². The Balaban J connectivity index is 2.41. The maximum absolute atomic E-state index is 11.5. The zero-order chi connectivity index (χ0) is 15.8. The van der Waals surface area contributed by atoms with Crippen LogP contribution < -0.4 is 5.32 Å². The molecule has 2 heterocycles. The lowest BCUT2D eigenvalue weighted by Gasteiger charge is -2.39. The summed E-state index contributed by atoms with van der Waals surface area (Å²) in [6, 6.07) is 0. The van der Waals surface area contributed by atoms with Gasteiger partial charge >= 0.3 is 5.97 Å². The number of piperazine rings is 1. The molecule has 118 valence electrons. The summed E-state index contributed by atoms with van der Waals surface area (Å²) >= 11 is 1.32. The van der Waals surface area contributed by atoms with E-state index in [1.807, 2.05) is 20.8 Å². The second kappa shape index (κ2) is 5.66. The molecule has 5 nitrogen and oxygen atoms in total. The highest BCUT2D eigenvalue weighted by atomic mass is 32.1. The number of carbonyl (C=O) groups is 1. The van der Waals surface area contributed by atoms with Gasteiger partial charge in [-0.15, -0.1) is 11.3 Å². The summed E-state index contributed by atoms with van der Waals surface area (Å²) in [6.45, 7) is 14.1. The molecule has 0 aliphatic carbocycles. The molecule has 1 saturated heterocycles. The Kier molecular flexibility index (Phi) is 4.42. The Hall–Kier alpha value is -0.980. The first-order valence-corrected chi connectivity index (χ1v) is 8.16. The maximum atomic E-state index is 11.5. The van der Waals surface area contributed by atoms with Crippen LogP contribution in [0.1, 0.15) is 55.0 Å². The zero-order valence-electron chi connectivity index (χ0n) is 13.5. The summed E-state index contributed by atoms with van der Waals surface area (Å²) in [5, 5.41) is 13.7. The molecular formula is C15H25N3O2S. The molecule has 1 aromatic rings. The number of nitrogens with zero attached hydrogens (tertiary/aromatic N) is 2. The van der Waals surface area contributed by atoms with Crippen molar-refractivity contribution in [2.75, 3.05) is 26.2 Å². The lowest BCUT2D eigenvalue weighted by atomic mass is 9.91. The van der Waals surface area contributed by atoms with Gasteiger partial charge in [0.05, 0.1) is 11.2 Å². The van der Waals surface area contributed by atoms with E-state index in [0.29, 0.717) is 10.6 Å². The number of hydrogen-bond acceptors (Lipinski definition) is 5. The normalized spacial score (nSPS) is 18.0. The van der Waals surface area contributed by atoms with Crippen molar-refractivity contribution < 1.29 is 9.90 Å². The molecule has 2 N–H and O–H groups in total. The van der Waals surface area contributed by atoms with Crippen LogP contribution in [0.3, 0.4) is 0 Å². The molecule has 1 fully saturated rings. The highest BCUT2D eigenvalue weighted by Gasteiger charge is 2.36. The fraction of sp³-hybridized carbons (Fsp3) is 0.733. The van der Waals surface area contributed by atoms with Crippen molar-refractivity contribution in [1.82, 2.24) is 15.2 Å². The molecule has 0 atom stereocenters. The molecule has 0 saturated carbocycles. The van der Waals surface area contributed by atoms with Crippen LogP contribution in [0.15, 0.2) is 0 Å². The van der Waals surface area contributed by atoms with Gasteiger partial charge in [0.15, 0.2) is 0 Å². The van der Waals surface area contributed by atoms with Crippen LogP contribution in [0.25, 0.3) is 0 Å². The number of carboxylic acid groups (broad SMARTS) is 1. The minimum atomic E-state index is -0.875. The molecule has 0 bridgehead atoms. The van der Waals surface area contributed by atoms with E-state index < -0.39 is 5.97 Å². The van der Waals surface area contributed by atoms with Crippen LogP contribution in [0.2, 0.25) is 0 Å². The Morgan fingerprint density at radius 1 is 1.24 bits per heavy atom. The molecule has 1 aliphatic rings. The van der Waals surface area contributed by atoms with Gasteiger partial charge in [0, 0.05) is 31.6 Å². The van der Waals surface area contributed by atoms with Gasteiger partial charge in [-0.2, -0.15) is 0 Å². The van der Waals surface area contributed by atoms with Crippen LogP contribution in [0, 0.1) is 0 Å². The third-order valence-corrected chi connectivity index (χ3v) is 5.32. The van der Waals surface area contributed by atoms with E-state index in [0.717, 1.165) is 31.2 Å². The topological polar surface area (TPSA) is 65.5 Å². The minimum Gasteiger partial charge on any atom is -0.477 e. The molecule has 6 heteroatoms. The number of thiazole rings is 1. The summed E-state index contributed by atoms with van der Waals surface area (Å²) in [6.07, 6.45) is 0. The highest BCUT2D eigenvalue weighted by Crippen LogP contribution is 2.37. The molecule has 0 unspecified atom stereocenters. The summed E-state index contributed by atoms with van der Waals surface area (Å²) in [5.41, 5.74) is 0.195. The first-order chi connectivity index (χ1) is 9.64. The van der Waals surface area contributed by atoms with Gasteiger partial charge in [-0.25, -0.2) is 9.78 Å². The fourth-order valence-electron chi connectivity index (χ4n) is 2.59. The molecular weight excluding hydrogens is 286 g/mol. The predicted molar refractivity (Wildman–Crippen MR) is 85.2 cm³/mol. The lowest BCUT2D eigenvalue weighted by Crippen LogP contribution is -2.51. The number of nitrogens with one attached hydrogen (secondary N) is 1. The summed E-state index contributed by atoms with van der Waals surface area (Å²) in [5.74, 6) is -0.875. The molecule has 0 radical (unpaired) electrons. The fourth-order valence-corrected chi connectivity index (χ4v) is 3.84. The Morgan fingerprint density at radius 3 is 2.24 bits per heavy atom. The Bertz CT molecular complexity index is 526. The summed E-state index contributed by atoms with van der Waals surface area (Å²) < 4.78 is 0. The maximum Gasteiger partial charge on any atom is 0.347 e. The van der Waals surface area contributed by atoms with Crippen LogP contribution in [0.5, 0.6) is 0 Å². The van der Waals surface area contributed by atoms with Gasteiger partial charge in [0.2, 0.25) is 0 Å². The molecule has 2 rings (SSSR count). The van der Waals surface area contributed by atoms with Gasteiger partial charge in [-0.3, -0.25) is 4.90 Å². The molecule has 0 amide bonds. The van der Waals surface area contributed by atoms with E-state index in [1.54, 1.807) is 0 Å². The quantitative estimate of drug-likeness (QED) is 0.896. The first-order valence-electron chi connectivity index (χ1n) is 7.35. The largest absolute Gasteiger partial charge is 0.477 e. The standard InChI is InChI=1S/C15H25N3O2S/c1-14(2,3)11-10(12(19)20)21-13(17-11)15(4,5)18-8-6-16-7-9-18/h16H,6-9H2,1-5H3,(H,19,20). The first kappa shape index (κ1) is 16.4. The van der Waals surface area contributed by atoms with E-state index in [1.165, 1.54) is 11.3 Å². The van der Waals surface area contributed by atoms with Crippen molar-refractivity contribution in [3.05, 3.63) is 15.6 Å². The molecule has 1 aromatic heterocycles. The van der Waals surface area contributed by atoms with E-state index in [9.17, 15) is 9.90 Å². The van der Waals surface area contributed by atoms with Crippen molar-refractivity contribution in [2.24, 2.45) is 0 Å². The molecule has 0 spiro atoms. The number of aromatic carboxylic acids is 1. The number of aromatic nitrogens is 1. The van der Waals surface area contributed by atoms with E-state index in [4.69, 9.17) is 4.98 Å². The van der Waals surface area contributed by atoms with Gasteiger partial charge in [0.1, 0.15) is 9.88 Å². The second-order valence-corrected chi connectivity index (χ2v) is 8.05. The van der Waals surface area contributed by atoms with Crippen LogP contribution in [-0.4, -0.2) is 47.1 Å². The Morgan fingerprint density at radius 2 is 1.81 bits per heavy atom. The molecule has 0 aromatic carbocycles. The lowest BCUT2D eigenvalue weighted by molar-refractivity contribution is 0.0699. The number of hydrogen-bond donors (Lipinski definition) is 2. The number of carboxylic acids is 1. The zero-order valence-corrected chi connectivity index (χ0v) is 14.3. The van der Waals surface area contributed by atoms with Gasteiger partial charge in [0.25, 0.3) is 0 Å². The van der Waals surface area contributed by atoms with Crippen molar-refractivity contribution in [3.63, 3.8) is 0 Å². The molecule has 21 heavy (non-hydrogen) atoms. The van der Waals surface area contributed by atoms with Crippen molar-refractivity contribution >= 4 is 17.3 Å². The minimum absolute atomic E-state index is 0.236. The third kappa shape index (κ3) is 3.27. The SMILES string of the molecule is CC(C)(C)c1nc(C(C)(C)N2CCNCC2)sc1C(=O)O. The number of rotatable bonds is 3. The van der Waals surface area contributed by atoms with Gasteiger partial charge in [-0.1, -0.05) is 20.8 Å². The monoisotopic (exact) mass is 311 g/mol.